The van der Waals surface area contributed by atoms with Gasteiger partial charge in [0.1, 0.15) is 11.6 Å². The standard InChI is InChI=1S/C13H14F4N4O/c1-21-12(19-11(20-21)13(15,16)17)18-6-3-7-22-10-5-2-4-9(14)8-10/h2,4-5,8H,3,6-7H2,1H3,(H,18,19,20). The summed E-state index contributed by atoms with van der Waals surface area (Å²) in [6, 6.07) is 5.71. The van der Waals surface area contributed by atoms with Crippen molar-refractivity contribution >= 4 is 5.95 Å². The van der Waals surface area contributed by atoms with Crippen LogP contribution in [-0.4, -0.2) is 27.9 Å². The molecule has 120 valence electrons. The lowest BCUT2D eigenvalue weighted by Gasteiger charge is -2.07. The minimum atomic E-state index is -4.57. The van der Waals surface area contributed by atoms with Crippen LogP contribution in [0.3, 0.4) is 0 Å². The van der Waals surface area contributed by atoms with Gasteiger partial charge in [-0.2, -0.15) is 18.2 Å². The maximum atomic E-state index is 12.9. The summed E-state index contributed by atoms with van der Waals surface area (Å²) in [5.41, 5.74) is 0. The van der Waals surface area contributed by atoms with Crippen molar-refractivity contribution in [3.05, 3.63) is 35.9 Å². The molecule has 1 aromatic heterocycles. The highest BCUT2D eigenvalue weighted by Crippen LogP contribution is 2.26. The summed E-state index contributed by atoms with van der Waals surface area (Å²) in [6.45, 7) is 0.638. The number of anilines is 1. The van der Waals surface area contributed by atoms with Crippen molar-refractivity contribution in [1.82, 2.24) is 14.8 Å². The summed E-state index contributed by atoms with van der Waals surface area (Å²) in [7, 11) is 1.37. The third-order valence-electron chi connectivity index (χ3n) is 2.69. The van der Waals surface area contributed by atoms with Crippen LogP contribution in [0.25, 0.3) is 0 Å². The highest BCUT2D eigenvalue weighted by molar-refractivity contribution is 5.25. The van der Waals surface area contributed by atoms with Gasteiger partial charge in [0, 0.05) is 19.7 Å². The molecule has 0 amide bonds. The monoisotopic (exact) mass is 318 g/mol. The molecule has 9 heteroatoms. The summed E-state index contributed by atoms with van der Waals surface area (Å²) in [5.74, 6) is -1.15. The maximum absolute atomic E-state index is 12.9. The van der Waals surface area contributed by atoms with E-state index in [1.165, 1.54) is 25.2 Å². The Hall–Kier alpha value is -2.32. The summed E-state index contributed by atoms with van der Waals surface area (Å²) >= 11 is 0. The van der Waals surface area contributed by atoms with Crippen LogP contribution in [0, 0.1) is 5.82 Å². The molecule has 2 aromatic rings. The molecule has 1 N–H and O–H groups in total. The molecule has 0 atom stereocenters. The van der Waals surface area contributed by atoms with Crippen molar-refractivity contribution in [1.29, 1.82) is 0 Å². The number of nitrogens with one attached hydrogen (secondary N) is 1. The fraction of sp³-hybridized carbons (Fsp3) is 0.385. The Morgan fingerprint density at radius 1 is 1.32 bits per heavy atom. The first kappa shape index (κ1) is 16.1. The predicted octanol–water partition coefficient (Wildman–Crippen LogP) is 2.85. The van der Waals surface area contributed by atoms with Gasteiger partial charge in [-0.25, -0.2) is 9.07 Å². The van der Waals surface area contributed by atoms with Crippen LogP contribution in [-0.2, 0) is 13.2 Å². The zero-order chi connectivity index (χ0) is 16.2. The van der Waals surface area contributed by atoms with Crippen LogP contribution >= 0.6 is 0 Å². The van der Waals surface area contributed by atoms with Gasteiger partial charge in [0.15, 0.2) is 0 Å². The van der Waals surface area contributed by atoms with E-state index in [0.29, 0.717) is 25.3 Å². The first-order chi connectivity index (χ1) is 10.4. The number of nitrogens with zero attached hydrogens (tertiary/aromatic N) is 3. The van der Waals surface area contributed by atoms with E-state index in [-0.39, 0.29) is 5.95 Å². The fourth-order valence-corrected chi connectivity index (χ4v) is 1.68. The van der Waals surface area contributed by atoms with E-state index in [1.807, 2.05) is 0 Å². The van der Waals surface area contributed by atoms with Gasteiger partial charge in [-0.05, 0) is 18.6 Å². The average Bonchev–Trinajstić information content (AvgIpc) is 2.80. The Morgan fingerprint density at radius 3 is 2.73 bits per heavy atom. The zero-order valence-electron chi connectivity index (χ0n) is 11.7. The second-order valence-electron chi connectivity index (χ2n) is 4.47. The third-order valence-corrected chi connectivity index (χ3v) is 2.69. The van der Waals surface area contributed by atoms with E-state index in [4.69, 9.17) is 4.74 Å². The smallest absolute Gasteiger partial charge is 0.453 e. The molecule has 22 heavy (non-hydrogen) atoms. The maximum Gasteiger partial charge on any atom is 0.453 e. The van der Waals surface area contributed by atoms with Crippen LogP contribution < -0.4 is 10.1 Å². The number of hydrogen-bond donors (Lipinski definition) is 1. The quantitative estimate of drug-likeness (QED) is 0.657. The van der Waals surface area contributed by atoms with Gasteiger partial charge in [0.05, 0.1) is 6.61 Å². The molecule has 0 aliphatic carbocycles. The van der Waals surface area contributed by atoms with Crippen molar-refractivity contribution in [3.63, 3.8) is 0 Å². The minimum Gasteiger partial charge on any atom is -0.493 e. The van der Waals surface area contributed by atoms with E-state index >= 15 is 0 Å². The number of ether oxygens (including phenoxy) is 1. The average molecular weight is 318 g/mol. The molecule has 0 aliphatic heterocycles. The van der Waals surface area contributed by atoms with Gasteiger partial charge in [0.2, 0.25) is 5.95 Å². The highest BCUT2D eigenvalue weighted by Gasteiger charge is 2.36. The summed E-state index contributed by atoms with van der Waals surface area (Å²) in [5, 5.41) is 6.02. The number of aryl methyl sites for hydroxylation is 1. The molecule has 0 bridgehead atoms. The molecule has 0 saturated carbocycles. The van der Waals surface area contributed by atoms with Crippen LogP contribution in [0.2, 0.25) is 0 Å². The number of benzene rings is 1. The highest BCUT2D eigenvalue weighted by atomic mass is 19.4. The number of aromatic nitrogens is 3. The van der Waals surface area contributed by atoms with E-state index in [9.17, 15) is 17.6 Å². The number of hydrogen-bond acceptors (Lipinski definition) is 4. The minimum absolute atomic E-state index is 0.0260. The molecule has 0 fully saturated rings. The molecular formula is C13H14F4N4O. The fourth-order valence-electron chi connectivity index (χ4n) is 1.68. The van der Waals surface area contributed by atoms with Gasteiger partial charge >= 0.3 is 6.18 Å². The second-order valence-corrected chi connectivity index (χ2v) is 4.47. The van der Waals surface area contributed by atoms with Crippen molar-refractivity contribution in [3.8, 4) is 5.75 Å². The first-order valence-corrected chi connectivity index (χ1v) is 6.47. The lowest BCUT2D eigenvalue weighted by Crippen LogP contribution is -2.10. The molecule has 0 aliphatic rings. The lowest BCUT2D eigenvalue weighted by atomic mass is 10.3. The molecule has 1 heterocycles. The topological polar surface area (TPSA) is 52.0 Å². The summed E-state index contributed by atoms with van der Waals surface area (Å²) < 4.78 is 56.5. The summed E-state index contributed by atoms with van der Waals surface area (Å²) in [6.07, 6.45) is -4.07. The lowest BCUT2D eigenvalue weighted by molar-refractivity contribution is -0.144. The Bertz CT molecular complexity index is 627. The van der Waals surface area contributed by atoms with E-state index < -0.39 is 17.8 Å². The zero-order valence-corrected chi connectivity index (χ0v) is 11.7. The van der Waals surface area contributed by atoms with E-state index in [0.717, 1.165) is 4.68 Å². The van der Waals surface area contributed by atoms with Crippen molar-refractivity contribution < 1.29 is 22.3 Å². The largest absolute Gasteiger partial charge is 0.493 e. The van der Waals surface area contributed by atoms with Crippen molar-refractivity contribution in [2.75, 3.05) is 18.5 Å². The Morgan fingerprint density at radius 2 is 2.09 bits per heavy atom. The second kappa shape index (κ2) is 6.63. The van der Waals surface area contributed by atoms with Crippen LogP contribution in [0.4, 0.5) is 23.5 Å². The van der Waals surface area contributed by atoms with E-state index in [1.54, 1.807) is 6.07 Å². The molecule has 0 radical (unpaired) electrons. The molecule has 0 unspecified atom stereocenters. The number of alkyl halides is 3. The third kappa shape index (κ3) is 4.34. The van der Waals surface area contributed by atoms with Crippen LogP contribution in [0.5, 0.6) is 5.75 Å². The summed E-state index contributed by atoms with van der Waals surface area (Å²) in [4.78, 5) is 3.37. The van der Waals surface area contributed by atoms with Gasteiger partial charge in [-0.3, -0.25) is 0 Å². The van der Waals surface area contributed by atoms with Gasteiger partial charge in [0.25, 0.3) is 5.82 Å². The van der Waals surface area contributed by atoms with Gasteiger partial charge < -0.3 is 10.1 Å². The number of rotatable bonds is 6. The van der Waals surface area contributed by atoms with Crippen molar-refractivity contribution in [2.45, 2.75) is 12.6 Å². The van der Waals surface area contributed by atoms with Crippen LogP contribution in [0.1, 0.15) is 12.2 Å². The Kier molecular flexibility index (Phi) is 4.84. The first-order valence-electron chi connectivity index (χ1n) is 6.47. The van der Waals surface area contributed by atoms with Crippen molar-refractivity contribution in [2.24, 2.45) is 7.05 Å². The molecule has 0 saturated heterocycles. The SMILES string of the molecule is Cn1nc(C(F)(F)F)nc1NCCCOc1cccc(F)c1. The Labute approximate surface area is 123 Å². The van der Waals surface area contributed by atoms with Crippen LogP contribution in [0.15, 0.2) is 24.3 Å². The van der Waals surface area contributed by atoms with E-state index in [2.05, 4.69) is 15.4 Å². The molecule has 2 rings (SSSR count). The predicted molar refractivity (Wildman–Crippen MR) is 71.0 cm³/mol. The number of halogens is 4. The molecular weight excluding hydrogens is 304 g/mol. The molecule has 0 spiro atoms. The normalized spacial score (nSPS) is 11.5. The van der Waals surface area contributed by atoms with Gasteiger partial charge in [-0.15, -0.1) is 5.10 Å². The molecule has 1 aromatic carbocycles. The van der Waals surface area contributed by atoms with Gasteiger partial charge in [-0.1, -0.05) is 6.07 Å². The molecule has 5 nitrogen and oxygen atoms in total. The Balaban J connectivity index is 1.76.